The van der Waals surface area contributed by atoms with Crippen molar-refractivity contribution < 1.29 is 4.74 Å². The Kier molecular flexibility index (Phi) is 4.80. The van der Waals surface area contributed by atoms with Crippen molar-refractivity contribution in [1.29, 1.82) is 0 Å². The number of hydrogen-bond donors (Lipinski definition) is 0. The third-order valence-electron chi connectivity index (χ3n) is 0.715. The van der Waals surface area contributed by atoms with Gasteiger partial charge in [0.05, 0.1) is 0 Å². The summed E-state index contributed by atoms with van der Waals surface area (Å²) in [6.45, 7) is 7.05. The maximum absolute atomic E-state index is 5.27. The molecule has 0 radical (unpaired) electrons. The molecule has 0 heterocycles. The van der Waals surface area contributed by atoms with Crippen LogP contribution in [0.15, 0.2) is 0 Å². The summed E-state index contributed by atoms with van der Waals surface area (Å²) in [6.07, 6.45) is 0. The smallest absolute Gasteiger partial charge is 0.129 e. The number of hydrogen-bond acceptors (Lipinski definition) is 1. The Morgan fingerprint density at radius 1 is 1.40 bits per heavy atom. The first-order valence-electron chi connectivity index (χ1n) is 3.20. The molecule has 0 fully saturated rings. The fraction of sp³-hybridized carbons (Fsp3) is 0.714. The third kappa shape index (κ3) is 8.03. The fourth-order valence-electron chi connectivity index (χ4n) is 0.391. The van der Waals surface area contributed by atoms with Gasteiger partial charge in [0.2, 0.25) is 0 Å². The number of halogens is 1. The maximum Gasteiger partial charge on any atom is 0.129 e. The highest BCUT2D eigenvalue weighted by Gasteiger charge is 2.06. The van der Waals surface area contributed by atoms with Crippen LogP contribution in [0.3, 0.4) is 0 Å². The van der Waals surface area contributed by atoms with Gasteiger partial charge in [-0.05, 0) is 0 Å². The van der Waals surface area contributed by atoms with Gasteiger partial charge in [0, 0.05) is 0 Å². The van der Waals surface area contributed by atoms with Crippen LogP contribution < -0.4 is 0 Å². The first-order chi connectivity index (χ1) is 4.56. The van der Waals surface area contributed by atoms with Gasteiger partial charge in [-0.15, -0.1) is 5.54 Å². The van der Waals surface area contributed by atoms with Crippen molar-refractivity contribution in [2.24, 2.45) is 0 Å². The first kappa shape index (κ1) is 10.0. The van der Waals surface area contributed by atoms with Crippen LogP contribution in [0, 0.1) is 11.5 Å². The number of ether oxygens (including phenoxy) is 1. The molecule has 0 atom stereocenters. The maximum atomic E-state index is 5.27. The lowest BCUT2D eigenvalue weighted by Crippen LogP contribution is -2.16. The summed E-state index contributed by atoms with van der Waals surface area (Å²) < 4.78 is 4.84. The second-order valence-electron chi connectivity index (χ2n) is 3.01. The van der Waals surface area contributed by atoms with Crippen LogP contribution in [-0.2, 0) is 4.74 Å². The molecule has 0 aromatic heterocycles. The van der Waals surface area contributed by atoms with E-state index in [0.717, 1.165) is 0 Å². The molecule has 0 saturated carbocycles. The molecule has 10 heavy (non-hydrogen) atoms. The highest BCUT2D eigenvalue weighted by Crippen LogP contribution is 1.95. The van der Waals surface area contributed by atoms with Gasteiger partial charge in [-0.2, -0.15) is 0 Å². The Balaban J connectivity index is 3.50. The Labute approximate surface area is 68.7 Å². The van der Waals surface area contributed by atoms with E-state index in [1.165, 1.54) is 0 Å². The minimum Gasteiger partial charge on any atom is -0.353 e. The zero-order valence-corrected chi connectivity index (χ0v) is 8.46. The molecule has 0 aliphatic carbocycles. The fourth-order valence-corrected chi connectivity index (χ4v) is 1.07. The average Bonchev–Trinajstić information content (AvgIpc) is 1.78. The van der Waals surface area contributed by atoms with Gasteiger partial charge in [0.15, 0.2) is 0 Å². The lowest BCUT2D eigenvalue weighted by Gasteiger charge is -2.02. The Morgan fingerprint density at radius 2 is 2.00 bits per heavy atom. The lowest BCUT2D eigenvalue weighted by atomic mass is 10.8. The summed E-state index contributed by atoms with van der Waals surface area (Å²) in [7, 11) is -1.19. The molecule has 0 unspecified atom stereocenters. The van der Waals surface area contributed by atoms with E-state index in [0.29, 0.717) is 6.61 Å². The van der Waals surface area contributed by atoms with Crippen molar-refractivity contribution >= 4 is 19.7 Å². The highest BCUT2D eigenvalue weighted by atomic mass is 35.5. The molecular formula is C7H13ClOSi. The van der Waals surface area contributed by atoms with Crippen molar-refractivity contribution in [1.82, 2.24) is 0 Å². The lowest BCUT2D eigenvalue weighted by molar-refractivity contribution is 0.218. The van der Waals surface area contributed by atoms with Gasteiger partial charge < -0.3 is 4.74 Å². The number of rotatable bonds is 2. The quantitative estimate of drug-likeness (QED) is 0.271. The van der Waals surface area contributed by atoms with E-state index in [4.69, 9.17) is 16.3 Å². The zero-order valence-electron chi connectivity index (χ0n) is 6.70. The van der Waals surface area contributed by atoms with E-state index >= 15 is 0 Å². The van der Waals surface area contributed by atoms with Crippen LogP contribution in [0.4, 0.5) is 0 Å². The van der Waals surface area contributed by atoms with Crippen molar-refractivity contribution in [3.8, 4) is 11.5 Å². The normalized spacial score (nSPS) is 10.4. The summed E-state index contributed by atoms with van der Waals surface area (Å²) in [5.41, 5.74) is 3.16. The van der Waals surface area contributed by atoms with Gasteiger partial charge in [0.25, 0.3) is 0 Å². The topological polar surface area (TPSA) is 9.23 Å². The van der Waals surface area contributed by atoms with E-state index in [2.05, 4.69) is 31.1 Å². The van der Waals surface area contributed by atoms with E-state index in [1.54, 1.807) is 0 Å². The predicted octanol–water partition coefficient (Wildman–Crippen LogP) is 2.08. The molecule has 0 N–H and O–H groups in total. The second-order valence-corrected chi connectivity index (χ2v) is 7.98. The largest absolute Gasteiger partial charge is 0.353 e. The molecule has 0 aromatic carbocycles. The standard InChI is InChI=1S/C7H13ClOSi/c1-10(2,3)6-4-5-9-7-8/h5,7H2,1-3H3. The number of alkyl halides is 1. The van der Waals surface area contributed by atoms with Crippen LogP contribution in [0.5, 0.6) is 0 Å². The first-order valence-corrected chi connectivity index (χ1v) is 7.23. The van der Waals surface area contributed by atoms with E-state index in [-0.39, 0.29) is 6.07 Å². The van der Waals surface area contributed by atoms with Crippen molar-refractivity contribution in [3.63, 3.8) is 0 Å². The average molecular weight is 177 g/mol. The second kappa shape index (κ2) is 4.78. The summed E-state index contributed by atoms with van der Waals surface area (Å²) in [5.74, 6) is 2.93. The molecular weight excluding hydrogens is 164 g/mol. The SMILES string of the molecule is C[Si](C)(C)C#CCOCCl. The molecule has 0 aliphatic heterocycles. The van der Waals surface area contributed by atoms with Gasteiger partial charge in [0.1, 0.15) is 20.7 Å². The molecule has 0 rings (SSSR count). The third-order valence-corrected chi connectivity index (χ3v) is 1.80. The van der Waals surface area contributed by atoms with Crippen LogP contribution in [0.2, 0.25) is 19.6 Å². The van der Waals surface area contributed by atoms with E-state index < -0.39 is 8.07 Å². The molecule has 0 spiro atoms. The molecule has 58 valence electrons. The highest BCUT2D eigenvalue weighted by molar-refractivity contribution is 6.83. The van der Waals surface area contributed by atoms with Crippen LogP contribution in [-0.4, -0.2) is 20.7 Å². The molecule has 1 nitrogen and oxygen atoms in total. The monoisotopic (exact) mass is 176 g/mol. The Bertz CT molecular complexity index is 140. The summed E-state index contributed by atoms with van der Waals surface area (Å²) in [4.78, 5) is 0. The van der Waals surface area contributed by atoms with Crippen molar-refractivity contribution in [2.45, 2.75) is 19.6 Å². The van der Waals surface area contributed by atoms with Crippen LogP contribution in [0.1, 0.15) is 0 Å². The molecule has 0 aromatic rings. The van der Waals surface area contributed by atoms with E-state index in [9.17, 15) is 0 Å². The van der Waals surface area contributed by atoms with Crippen molar-refractivity contribution in [2.75, 3.05) is 12.7 Å². The van der Waals surface area contributed by atoms with Gasteiger partial charge >= 0.3 is 0 Å². The van der Waals surface area contributed by atoms with Crippen LogP contribution in [0.25, 0.3) is 0 Å². The van der Waals surface area contributed by atoms with E-state index in [1.807, 2.05) is 0 Å². The molecule has 0 aliphatic rings. The van der Waals surface area contributed by atoms with Gasteiger partial charge in [-0.25, -0.2) is 0 Å². The summed E-state index contributed by atoms with van der Waals surface area (Å²) >= 11 is 5.27. The van der Waals surface area contributed by atoms with Crippen molar-refractivity contribution in [3.05, 3.63) is 0 Å². The van der Waals surface area contributed by atoms with Gasteiger partial charge in [-0.1, -0.05) is 37.2 Å². The zero-order chi connectivity index (χ0) is 8.04. The molecule has 3 heteroatoms. The molecule has 0 saturated heterocycles. The summed E-state index contributed by atoms with van der Waals surface area (Å²) in [5, 5.41) is 0. The molecule has 0 amide bonds. The minimum atomic E-state index is -1.19. The summed E-state index contributed by atoms with van der Waals surface area (Å²) in [6, 6.07) is 0.236. The molecule has 0 bridgehead atoms. The predicted molar refractivity (Wildman–Crippen MR) is 47.8 cm³/mol. The Hall–Kier alpha value is 0.0269. The van der Waals surface area contributed by atoms with Gasteiger partial charge in [-0.3, -0.25) is 0 Å². The van der Waals surface area contributed by atoms with Crippen LogP contribution >= 0.6 is 11.6 Å². The minimum absolute atomic E-state index is 0.236. The Morgan fingerprint density at radius 3 is 2.40 bits per heavy atom.